The Bertz CT molecular complexity index is 1420. The van der Waals surface area contributed by atoms with E-state index in [9.17, 15) is 19.2 Å². The summed E-state index contributed by atoms with van der Waals surface area (Å²) < 4.78 is 5.12. The fraction of sp³-hybridized carbons (Fsp3) is 0.267. The molecule has 3 amide bonds. The summed E-state index contributed by atoms with van der Waals surface area (Å²) in [5.41, 5.74) is 2.39. The average molecular weight is 529 g/mol. The van der Waals surface area contributed by atoms with Gasteiger partial charge in [0.15, 0.2) is 6.61 Å². The molecule has 2 aliphatic carbocycles. The lowest BCUT2D eigenvalue weighted by Crippen LogP contribution is -2.33. The van der Waals surface area contributed by atoms with Crippen LogP contribution in [0.1, 0.15) is 34.7 Å². The van der Waals surface area contributed by atoms with Gasteiger partial charge in [-0.1, -0.05) is 48.0 Å². The van der Waals surface area contributed by atoms with Gasteiger partial charge < -0.3 is 10.1 Å². The molecule has 3 aliphatic rings. The highest BCUT2D eigenvalue weighted by Crippen LogP contribution is 2.61. The number of nitrogens with zero attached hydrogens (tertiary/aromatic N) is 1. The number of amides is 3. The Morgan fingerprint density at radius 3 is 2.37 bits per heavy atom. The summed E-state index contributed by atoms with van der Waals surface area (Å²) in [5.74, 6) is -1.37. The van der Waals surface area contributed by atoms with Gasteiger partial charge in [-0.3, -0.25) is 19.3 Å². The quantitative estimate of drug-likeness (QED) is 0.356. The fourth-order valence-electron chi connectivity index (χ4n) is 6.52. The molecule has 192 valence electrons. The van der Waals surface area contributed by atoms with E-state index in [0.29, 0.717) is 22.3 Å². The Kier molecular flexibility index (Phi) is 6.24. The van der Waals surface area contributed by atoms with Gasteiger partial charge in [0.1, 0.15) is 0 Å². The summed E-state index contributed by atoms with van der Waals surface area (Å²) in [6, 6.07) is 23.0. The minimum Gasteiger partial charge on any atom is -0.452 e. The maximum Gasteiger partial charge on any atom is 0.338 e. The number of rotatable bonds is 6. The summed E-state index contributed by atoms with van der Waals surface area (Å²) in [6.45, 7) is -0.467. The summed E-state index contributed by atoms with van der Waals surface area (Å²) >= 11 is 5.91. The van der Waals surface area contributed by atoms with E-state index in [-0.39, 0.29) is 41.0 Å². The lowest BCUT2D eigenvalue weighted by atomic mass is 9.73. The maximum atomic E-state index is 13.5. The highest BCUT2D eigenvalue weighted by molar-refractivity contribution is 6.30. The van der Waals surface area contributed by atoms with Crippen LogP contribution in [0.5, 0.6) is 0 Å². The Balaban J connectivity index is 1.10. The zero-order valence-electron chi connectivity index (χ0n) is 20.4. The number of halogens is 1. The minimum atomic E-state index is -0.683. The molecule has 2 bridgehead atoms. The number of hydrogen-bond acceptors (Lipinski definition) is 5. The molecule has 0 spiro atoms. The Morgan fingerprint density at radius 1 is 0.895 bits per heavy atom. The van der Waals surface area contributed by atoms with Gasteiger partial charge in [-0.15, -0.1) is 0 Å². The van der Waals surface area contributed by atoms with E-state index < -0.39 is 18.5 Å². The number of benzene rings is 3. The van der Waals surface area contributed by atoms with Crippen molar-refractivity contribution in [2.45, 2.75) is 18.8 Å². The first kappa shape index (κ1) is 24.4. The molecule has 38 heavy (non-hydrogen) atoms. The van der Waals surface area contributed by atoms with Crippen LogP contribution in [0, 0.1) is 23.7 Å². The van der Waals surface area contributed by atoms with Crippen molar-refractivity contribution in [1.29, 1.82) is 0 Å². The van der Waals surface area contributed by atoms with Crippen LogP contribution in [0.2, 0.25) is 5.02 Å². The third-order valence-corrected chi connectivity index (χ3v) is 8.28. The second-order valence-electron chi connectivity index (χ2n) is 10.2. The van der Waals surface area contributed by atoms with Gasteiger partial charge in [-0.2, -0.15) is 0 Å². The van der Waals surface area contributed by atoms with Gasteiger partial charge in [-0.05, 0) is 78.6 Å². The predicted octanol–water partition coefficient (Wildman–Crippen LogP) is 5.06. The molecule has 3 aromatic rings. The highest BCUT2D eigenvalue weighted by atomic mass is 35.5. The molecule has 5 atom stereocenters. The molecule has 1 heterocycles. The molecule has 0 aromatic heterocycles. The molecule has 2 saturated carbocycles. The largest absolute Gasteiger partial charge is 0.452 e. The Morgan fingerprint density at radius 2 is 1.63 bits per heavy atom. The molecule has 1 saturated heterocycles. The van der Waals surface area contributed by atoms with Crippen LogP contribution in [0.15, 0.2) is 78.9 Å². The van der Waals surface area contributed by atoms with Crippen molar-refractivity contribution in [3.63, 3.8) is 0 Å². The first-order valence-electron chi connectivity index (χ1n) is 12.7. The summed E-state index contributed by atoms with van der Waals surface area (Å²) in [6.07, 6.45) is 1.84. The van der Waals surface area contributed by atoms with Crippen LogP contribution < -0.4 is 10.2 Å². The van der Waals surface area contributed by atoms with Crippen LogP contribution in [-0.4, -0.2) is 30.3 Å². The smallest absolute Gasteiger partial charge is 0.338 e. The summed E-state index contributed by atoms with van der Waals surface area (Å²) in [4.78, 5) is 52.7. The maximum absolute atomic E-state index is 13.5. The second kappa shape index (κ2) is 9.72. The number of carbonyl (C=O) groups is 4. The van der Waals surface area contributed by atoms with E-state index >= 15 is 0 Å². The van der Waals surface area contributed by atoms with E-state index in [0.717, 1.165) is 12.8 Å². The van der Waals surface area contributed by atoms with Crippen molar-refractivity contribution in [2.75, 3.05) is 16.8 Å². The first-order chi connectivity index (χ1) is 18.4. The molecule has 0 unspecified atom stereocenters. The molecule has 7 nitrogen and oxygen atoms in total. The summed E-state index contributed by atoms with van der Waals surface area (Å²) in [5, 5.41) is 3.08. The van der Waals surface area contributed by atoms with Gasteiger partial charge in [0.2, 0.25) is 11.8 Å². The fourth-order valence-corrected chi connectivity index (χ4v) is 6.71. The van der Waals surface area contributed by atoms with Crippen molar-refractivity contribution in [3.05, 3.63) is 95.0 Å². The minimum absolute atomic E-state index is 0.146. The number of esters is 1. The monoisotopic (exact) mass is 528 g/mol. The Hall–Kier alpha value is -3.97. The molecular weight excluding hydrogens is 504 g/mol. The van der Waals surface area contributed by atoms with Crippen LogP contribution in [0.3, 0.4) is 0 Å². The molecule has 1 aliphatic heterocycles. The van der Waals surface area contributed by atoms with Crippen molar-refractivity contribution in [3.8, 4) is 0 Å². The summed E-state index contributed by atoms with van der Waals surface area (Å²) in [7, 11) is 0. The zero-order valence-corrected chi connectivity index (χ0v) is 21.1. The average Bonchev–Trinajstić information content (AvgIpc) is 3.59. The standard InChI is InChI=1S/C30H25ClN2O5/c31-20-7-4-8-21(15-20)32-25(34)16-38-30(37)18-9-11-22(12-10-18)33-28(35)26-19-13-23(17-5-2-1-3-6-17)24(14-19)27(26)29(33)36/h1-12,15,19,23-24,26-27H,13-14,16H2,(H,32,34)/t19-,23+,24+,26+,27-/m0/s1. The Labute approximate surface area is 224 Å². The van der Waals surface area contributed by atoms with Gasteiger partial charge in [0.25, 0.3) is 5.91 Å². The molecular formula is C30H25ClN2O5. The molecule has 1 N–H and O–H groups in total. The second-order valence-corrected chi connectivity index (χ2v) is 10.6. The van der Waals surface area contributed by atoms with Crippen LogP contribution in [0.25, 0.3) is 0 Å². The number of anilines is 2. The lowest BCUT2D eigenvalue weighted by Gasteiger charge is -2.28. The lowest BCUT2D eigenvalue weighted by molar-refractivity contribution is -0.123. The molecule has 0 radical (unpaired) electrons. The van der Waals surface area contributed by atoms with Gasteiger partial charge in [0, 0.05) is 10.7 Å². The van der Waals surface area contributed by atoms with Crippen molar-refractivity contribution >= 4 is 46.7 Å². The van der Waals surface area contributed by atoms with Gasteiger partial charge >= 0.3 is 5.97 Å². The molecule has 3 fully saturated rings. The third kappa shape index (κ3) is 4.27. The number of imide groups is 1. The molecule has 8 heteroatoms. The van der Waals surface area contributed by atoms with Crippen LogP contribution in [-0.2, 0) is 19.1 Å². The topological polar surface area (TPSA) is 92.8 Å². The normalized spacial score (nSPS) is 25.4. The van der Waals surface area contributed by atoms with E-state index in [1.807, 2.05) is 18.2 Å². The van der Waals surface area contributed by atoms with Crippen molar-refractivity contribution in [1.82, 2.24) is 0 Å². The van der Waals surface area contributed by atoms with Crippen LogP contribution in [0.4, 0.5) is 11.4 Å². The van der Waals surface area contributed by atoms with E-state index in [4.69, 9.17) is 16.3 Å². The molecule has 6 rings (SSSR count). The number of ether oxygens (including phenoxy) is 1. The van der Waals surface area contributed by atoms with Crippen LogP contribution >= 0.6 is 11.6 Å². The number of fused-ring (bicyclic) bond motifs is 5. The molecule has 3 aromatic carbocycles. The zero-order chi connectivity index (χ0) is 26.4. The van der Waals surface area contributed by atoms with Gasteiger partial charge in [0.05, 0.1) is 23.1 Å². The SMILES string of the molecule is O=C(COC(=O)c1ccc(N2C(=O)[C@@H]3[C@@H]4C[C@@H]([C@@H]3C2=O)[C@@H](c2ccccc2)C4)cc1)Nc1cccc(Cl)c1. The number of carbonyl (C=O) groups excluding carboxylic acids is 4. The highest BCUT2D eigenvalue weighted by Gasteiger charge is 2.64. The number of hydrogen-bond donors (Lipinski definition) is 1. The van der Waals surface area contributed by atoms with E-state index in [1.165, 1.54) is 22.6 Å². The number of nitrogens with one attached hydrogen (secondary N) is 1. The predicted molar refractivity (Wildman–Crippen MR) is 142 cm³/mol. The first-order valence-corrected chi connectivity index (χ1v) is 13.0. The third-order valence-electron chi connectivity index (χ3n) is 8.05. The van der Waals surface area contributed by atoms with Crippen molar-refractivity contribution in [2.24, 2.45) is 23.7 Å². The van der Waals surface area contributed by atoms with E-state index in [2.05, 4.69) is 17.4 Å². The van der Waals surface area contributed by atoms with Gasteiger partial charge in [-0.25, -0.2) is 4.79 Å². The van der Waals surface area contributed by atoms with E-state index in [1.54, 1.807) is 36.4 Å². The van der Waals surface area contributed by atoms with Crippen molar-refractivity contribution < 1.29 is 23.9 Å².